The molecule has 5 heteroatoms. The first-order chi connectivity index (χ1) is 7.12. The topological polar surface area (TPSA) is 37.4 Å². The summed E-state index contributed by atoms with van der Waals surface area (Å²) in [5, 5.41) is -0.158. The van der Waals surface area contributed by atoms with Crippen molar-refractivity contribution in [1.29, 1.82) is 0 Å². The monoisotopic (exact) mass is 253 g/mol. The van der Waals surface area contributed by atoms with Gasteiger partial charge in [-0.3, -0.25) is 0 Å². The van der Waals surface area contributed by atoms with Crippen LogP contribution in [0.25, 0.3) is 0 Å². The molecule has 0 N–H and O–H groups in total. The smallest absolute Gasteiger partial charge is 0.212 e. The van der Waals surface area contributed by atoms with Crippen LogP contribution in [0.4, 0.5) is 0 Å². The Kier molecular flexibility index (Phi) is 5.36. The van der Waals surface area contributed by atoms with Gasteiger partial charge in [0, 0.05) is 19.0 Å². The van der Waals surface area contributed by atoms with Crippen LogP contribution in [-0.4, -0.2) is 36.9 Å². The van der Waals surface area contributed by atoms with Crippen molar-refractivity contribution in [3.8, 4) is 0 Å². The molecule has 3 nitrogen and oxygen atoms in total. The van der Waals surface area contributed by atoms with E-state index in [4.69, 9.17) is 11.6 Å². The highest BCUT2D eigenvalue weighted by atomic mass is 35.5. The van der Waals surface area contributed by atoms with Gasteiger partial charge in [0.2, 0.25) is 10.0 Å². The number of sulfonamides is 1. The van der Waals surface area contributed by atoms with Crippen LogP contribution in [0.5, 0.6) is 0 Å². The van der Waals surface area contributed by atoms with Crippen molar-refractivity contribution in [3.63, 3.8) is 0 Å². The number of rotatable bonds is 5. The molecule has 1 rings (SSSR count). The van der Waals surface area contributed by atoms with Gasteiger partial charge in [-0.1, -0.05) is 26.2 Å². The first kappa shape index (κ1) is 13.3. The summed E-state index contributed by atoms with van der Waals surface area (Å²) >= 11 is 5.61. The van der Waals surface area contributed by atoms with Gasteiger partial charge in [0.15, 0.2) is 0 Å². The molecule has 0 amide bonds. The third-order valence-corrected chi connectivity index (χ3v) is 5.66. The number of halogens is 1. The third-order valence-electron chi connectivity index (χ3n) is 3.02. The Labute approximate surface area is 97.8 Å². The van der Waals surface area contributed by atoms with Gasteiger partial charge in [-0.15, -0.1) is 11.6 Å². The van der Waals surface area contributed by atoms with Gasteiger partial charge in [0.25, 0.3) is 0 Å². The van der Waals surface area contributed by atoms with Crippen LogP contribution in [0.1, 0.15) is 39.0 Å². The lowest BCUT2D eigenvalue weighted by Crippen LogP contribution is -2.40. The lowest BCUT2D eigenvalue weighted by molar-refractivity contribution is 0.411. The van der Waals surface area contributed by atoms with E-state index >= 15 is 0 Å². The van der Waals surface area contributed by atoms with E-state index in [0.29, 0.717) is 19.0 Å². The number of alkyl halides is 1. The molecule has 0 spiro atoms. The summed E-state index contributed by atoms with van der Waals surface area (Å²) in [4.78, 5) is 0. The average molecular weight is 254 g/mol. The van der Waals surface area contributed by atoms with Crippen LogP contribution < -0.4 is 0 Å². The van der Waals surface area contributed by atoms with E-state index < -0.39 is 10.0 Å². The summed E-state index contributed by atoms with van der Waals surface area (Å²) in [7, 11) is -3.09. The molecule has 0 unspecified atom stereocenters. The lowest BCUT2D eigenvalue weighted by atomic mass is 10.0. The van der Waals surface area contributed by atoms with Gasteiger partial charge < -0.3 is 0 Å². The van der Waals surface area contributed by atoms with Gasteiger partial charge in [0.05, 0.1) is 5.25 Å². The van der Waals surface area contributed by atoms with E-state index in [1.54, 1.807) is 0 Å². The Bertz CT molecular complexity index is 262. The van der Waals surface area contributed by atoms with Crippen molar-refractivity contribution in [2.24, 2.45) is 0 Å². The molecule has 0 radical (unpaired) electrons. The number of hydrogen-bond donors (Lipinski definition) is 0. The third kappa shape index (κ3) is 3.33. The summed E-state index contributed by atoms with van der Waals surface area (Å²) in [6.45, 7) is 2.84. The maximum atomic E-state index is 12.2. The summed E-state index contributed by atoms with van der Waals surface area (Å²) in [6, 6.07) is 0. The highest BCUT2D eigenvalue weighted by molar-refractivity contribution is 7.89. The Morgan fingerprint density at radius 2 is 1.87 bits per heavy atom. The fourth-order valence-electron chi connectivity index (χ4n) is 2.13. The minimum Gasteiger partial charge on any atom is -0.212 e. The fraction of sp³-hybridized carbons (Fsp3) is 1.00. The van der Waals surface area contributed by atoms with Crippen LogP contribution in [0.2, 0.25) is 0 Å². The molecule has 1 fully saturated rings. The Morgan fingerprint density at radius 3 is 2.33 bits per heavy atom. The van der Waals surface area contributed by atoms with Crippen molar-refractivity contribution >= 4 is 21.6 Å². The second-order valence-corrected chi connectivity index (χ2v) is 6.58. The minimum atomic E-state index is -3.09. The van der Waals surface area contributed by atoms with Gasteiger partial charge >= 0.3 is 0 Å². The standard InChI is InChI=1S/C10H20ClNO2S/c1-2-12(9-8-11)15(13,14)10-6-4-3-5-7-10/h10H,2-9H2,1H3. The van der Waals surface area contributed by atoms with E-state index in [2.05, 4.69) is 0 Å². The molecule has 15 heavy (non-hydrogen) atoms. The molecular weight excluding hydrogens is 234 g/mol. The van der Waals surface area contributed by atoms with Crippen molar-refractivity contribution < 1.29 is 8.42 Å². The zero-order valence-electron chi connectivity index (χ0n) is 9.28. The van der Waals surface area contributed by atoms with Crippen molar-refractivity contribution in [3.05, 3.63) is 0 Å². The molecule has 0 saturated heterocycles. The number of nitrogens with zero attached hydrogens (tertiary/aromatic N) is 1. The van der Waals surface area contributed by atoms with Crippen LogP contribution in [0.15, 0.2) is 0 Å². The quantitative estimate of drug-likeness (QED) is 0.705. The van der Waals surface area contributed by atoms with Crippen LogP contribution in [0, 0.1) is 0 Å². The van der Waals surface area contributed by atoms with Crippen LogP contribution in [0.3, 0.4) is 0 Å². The van der Waals surface area contributed by atoms with Gasteiger partial charge in [-0.2, -0.15) is 0 Å². The molecule has 0 aromatic heterocycles. The van der Waals surface area contributed by atoms with Crippen molar-refractivity contribution in [2.75, 3.05) is 19.0 Å². The number of hydrogen-bond acceptors (Lipinski definition) is 2. The molecular formula is C10H20ClNO2S. The molecule has 0 aromatic rings. The highest BCUT2D eigenvalue weighted by Crippen LogP contribution is 2.25. The zero-order chi connectivity index (χ0) is 11.3. The zero-order valence-corrected chi connectivity index (χ0v) is 10.9. The SMILES string of the molecule is CCN(CCCl)S(=O)(=O)C1CCCCC1. The maximum absolute atomic E-state index is 12.2. The molecule has 0 heterocycles. The van der Waals surface area contributed by atoms with Crippen molar-refractivity contribution in [2.45, 2.75) is 44.3 Å². The van der Waals surface area contributed by atoms with E-state index in [0.717, 1.165) is 25.7 Å². The fourth-order valence-corrected chi connectivity index (χ4v) is 4.49. The Morgan fingerprint density at radius 1 is 1.27 bits per heavy atom. The van der Waals surface area contributed by atoms with E-state index in [-0.39, 0.29) is 5.25 Å². The molecule has 0 atom stereocenters. The average Bonchev–Trinajstić information content (AvgIpc) is 2.27. The first-order valence-corrected chi connectivity index (χ1v) is 7.71. The largest absolute Gasteiger partial charge is 0.217 e. The van der Waals surface area contributed by atoms with Gasteiger partial charge in [-0.05, 0) is 12.8 Å². The predicted octanol–water partition coefficient (Wildman–Crippen LogP) is 2.21. The maximum Gasteiger partial charge on any atom is 0.217 e. The van der Waals surface area contributed by atoms with Gasteiger partial charge in [0.1, 0.15) is 0 Å². The normalized spacial score (nSPS) is 19.7. The van der Waals surface area contributed by atoms with E-state index in [1.165, 1.54) is 10.7 Å². The molecule has 1 aliphatic carbocycles. The first-order valence-electron chi connectivity index (χ1n) is 5.67. The minimum absolute atomic E-state index is 0.158. The lowest BCUT2D eigenvalue weighted by Gasteiger charge is -2.28. The molecule has 0 aromatic carbocycles. The van der Waals surface area contributed by atoms with E-state index in [9.17, 15) is 8.42 Å². The second kappa shape index (κ2) is 6.06. The van der Waals surface area contributed by atoms with Crippen LogP contribution >= 0.6 is 11.6 Å². The predicted molar refractivity (Wildman–Crippen MR) is 63.8 cm³/mol. The molecule has 90 valence electrons. The summed E-state index contributed by atoms with van der Waals surface area (Å²) in [5.41, 5.74) is 0. The summed E-state index contributed by atoms with van der Waals surface area (Å²) in [6.07, 6.45) is 4.90. The van der Waals surface area contributed by atoms with Gasteiger partial charge in [-0.25, -0.2) is 12.7 Å². The molecule has 1 aliphatic rings. The van der Waals surface area contributed by atoms with Crippen molar-refractivity contribution in [1.82, 2.24) is 4.31 Å². The molecule has 0 aliphatic heterocycles. The summed E-state index contributed by atoms with van der Waals surface area (Å²) < 4.78 is 25.9. The van der Waals surface area contributed by atoms with Crippen LogP contribution in [-0.2, 0) is 10.0 Å². The van der Waals surface area contributed by atoms with E-state index in [1.807, 2.05) is 6.92 Å². The highest BCUT2D eigenvalue weighted by Gasteiger charge is 2.31. The second-order valence-electron chi connectivity index (χ2n) is 3.99. The molecule has 0 bridgehead atoms. The summed E-state index contributed by atoms with van der Waals surface area (Å²) in [5.74, 6) is 0.375. The molecule has 1 saturated carbocycles. The Hall–Kier alpha value is 0.200. The Balaban J connectivity index is 2.69.